The van der Waals surface area contributed by atoms with Gasteiger partial charge in [-0.3, -0.25) is 0 Å². The average molecular weight is 343 g/mol. The second-order valence-electron chi connectivity index (χ2n) is 5.76. The molecule has 0 aromatic heterocycles. The van der Waals surface area contributed by atoms with Gasteiger partial charge in [0, 0.05) is 35.2 Å². The van der Waals surface area contributed by atoms with Crippen molar-refractivity contribution in [3.63, 3.8) is 0 Å². The van der Waals surface area contributed by atoms with Crippen molar-refractivity contribution in [1.82, 2.24) is 10.2 Å². The highest BCUT2D eigenvalue weighted by Crippen LogP contribution is 2.22. The lowest BCUT2D eigenvalue weighted by Crippen LogP contribution is -2.36. The van der Waals surface area contributed by atoms with Crippen molar-refractivity contribution in [2.75, 3.05) is 20.1 Å². The second kappa shape index (κ2) is 7.53. The van der Waals surface area contributed by atoms with Crippen LogP contribution in [0, 0.1) is 5.82 Å². The topological polar surface area (TPSA) is 15.3 Å². The number of nitrogens with zero attached hydrogens (tertiary/aromatic N) is 1. The number of likely N-dealkylation sites (N-methyl/N-ethyl adjacent to an activating group) is 1. The Labute approximate surface area is 129 Å². The van der Waals surface area contributed by atoms with Crippen molar-refractivity contribution < 1.29 is 4.39 Å². The van der Waals surface area contributed by atoms with Crippen LogP contribution in [0.5, 0.6) is 0 Å². The summed E-state index contributed by atoms with van der Waals surface area (Å²) in [6.45, 7) is 3.93. The van der Waals surface area contributed by atoms with Gasteiger partial charge in [-0.05, 0) is 38.9 Å². The number of hydrogen-bond donors (Lipinski definition) is 1. The summed E-state index contributed by atoms with van der Waals surface area (Å²) in [6.07, 6.45) is 5.38. The number of hydrogen-bond acceptors (Lipinski definition) is 2. The van der Waals surface area contributed by atoms with Crippen molar-refractivity contribution in [2.24, 2.45) is 0 Å². The summed E-state index contributed by atoms with van der Waals surface area (Å²) in [5.41, 5.74) is 0.733. The van der Waals surface area contributed by atoms with E-state index in [4.69, 9.17) is 0 Å². The van der Waals surface area contributed by atoms with Crippen LogP contribution in [0.25, 0.3) is 0 Å². The molecule has 0 saturated heterocycles. The van der Waals surface area contributed by atoms with Crippen molar-refractivity contribution >= 4 is 15.9 Å². The highest BCUT2D eigenvalue weighted by Gasteiger charge is 2.19. The first-order chi connectivity index (χ1) is 9.58. The molecule has 1 saturated carbocycles. The quantitative estimate of drug-likeness (QED) is 0.836. The first kappa shape index (κ1) is 15.9. The van der Waals surface area contributed by atoms with Crippen LogP contribution < -0.4 is 5.32 Å². The molecule has 2 nitrogen and oxygen atoms in total. The molecule has 0 bridgehead atoms. The van der Waals surface area contributed by atoms with Crippen LogP contribution >= 0.6 is 15.9 Å². The van der Waals surface area contributed by atoms with Crippen LogP contribution in [0.3, 0.4) is 0 Å². The zero-order valence-corrected chi connectivity index (χ0v) is 13.9. The molecule has 2 rings (SSSR count). The first-order valence-corrected chi connectivity index (χ1v) is 8.26. The van der Waals surface area contributed by atoms with E-state index in [9.17, 15) is 4.39 Å². The summed E-state index contributed by atoms with van der Waals surface area (Å²) in [6, 6.07) is 6.05. The van der Waals surface area contributed by atoms with Crippen LogP contribution in [0.15, 0.2) is 22.7 Å². The molecule has 1 aliphatic carbocycles. The van der Waals surface area contributed by atoms with E-state index >= 15 is 0 Å². The third-order valence-corrected chi connectivity index (χ3v) is 4.79. The van der Waals surface area contributed by atoms with Crippen molar-refractivity contribution in [3.05, 3.63) is 34.1 Å². The molecule has 1 aliphatic rings. The fraction of sp³-hybridized carbons (Fsp3) is 0.625. The molecule has 0 heterocycles. The maximum Gasteiger partial charge on any atom is 0.129 e. The maximum atomic E-state index is 13.9. The zero-order chi connectivity index (χ0) is 14.5. The van der Waals surface area contributed by atoms with Gasteiger partial charge in [0.2, 0.25) is 0 Å². The van der Waals surface area contributed by atoms with Crippen LogP contribution in [0.2, 0.25) is 0 Å². The molecule has 1 fully saturated rings. The highest BCUT2D eigenvalue weighted by molar-refractivity contribution is 9.10. The molecular formula is C16H24BrFN2. The largest absolute Gasteiger partial charge is 0.309 e. The molecule has 4 heteroatoms. The Morgan fingerprint density at radius 2 is 2.10 bits per heavy atom. The Morgan fingerprint density at radius 3 is 2.75 bits per heavy atom. The van der Waals surface area contributed by atoms with Gasteiger partial charge in [0.25, 0.3) is 0 Å². The summed E-state index contributed by atoms with van der Waals surface area (Å²) in [5.74, 6) is -0.150. The standard InChI is InChI=1S/C16H24BrFN2/c1-12(15-8-7-13(17)11-16(15)18)19-9-10-20(2)14-5-3-4-6-14/h7-8,11-12,14,19H,3-6,9-10H2,1-2H3. The van der Waals surface area contributed by atoms with Gasteiger partial charge in [-0.2, -0.15) is 0 Å². The number of benzene rings is 1. The van der Waals surface area contributed by atoms with Crippen LogP contribution in [-0.4, -0.2) is 31.1 Å². The Balaban J connectivity index is 1.78. The fourth-order valence-corrected chi connectivity index (χ4v) is 3.28. The molecule has 1 N–H and O–H groups in total. The summed E-state index contributed by atoms with van der Waals surface area (Å²) < 4.78 is 14.6. The van der Waals surface area contributed by atoms with Crippen LogP contribution in [0.1, 0.15) is 44.2 Å². The van der Waals surface area contributed by atoms with Gasteiger partial charge in [-0.15, -0.1) is 0 Å². The Kier molecular flexibility index (Phi) is 6.00. The van der Waals surface area contributed by atoms with E-state index in [1.807, 2.05) is 19.1 Å². The maximum absolute atomic E-state index is 13.9. The normalized spacial score (nSPS) is 17.9. The van der Waals surface area contributed by atoms with Crippen molar-refractivity contribution in [3.8, 4) is 0 Å². The highest BCUT2D eigenvalue weighted by atomic mass is 79.9. The van der Waals surface area contributed by atoms with Crippen molar-refractivity contribution in [2.45, 2.75) is 44.7 Å². The predicted molar refractivity (Wildman–Crippen MR) is 85.4 cm³/mol. The van der Waals surface area contributed by atoms with Gasteiger partial charge in [0.15, 0.2) is 0 Å². The SMILES string of the molecule is CC(NCCN(C)C1CCCC1)c1ccc(Br)cc1F. The molecule has 0 amide bonds. The number of halogens is 2. The lowest BCUT2D eigenvalue weighted by atomic mass is 10.1. The molecule has 0 radical (unpaired) electrons. The summed E-state index contributed by atoms with van der Waals surface area (Å²) in [7, 11) is 2.20. The molecular weight excluding hydrogens is 319 g/mol. The van der Waals surface area contributed by atoms with Gasteiger partial charge in [0.05, 0.1) is 0 Å². The Bertz CT molecular complexity index is 432. The summed E-state index contributed by atoms with van der Waals surface area (Å²) >= 11 is 3.29. The van der Waals surface area contributed by atoms with Gasteiger partial charge in [-0.25, -0.2) is 4.39 Å². The zero-order valence-electron chi connectivity index (χ0n) is 12.3. The van der Waals surface area contributed by atoms with E-state index in [0.717, 1.165) is 29.2 Å². The molecule has 1 atom stereocenters. The van der Waals surface area contributed by atoms with Crippen molar-refractivity contribution in [1.29, 1.82) is 0 Å². The fourth-order valence-electron chi connectivity index (χ4n) is 2.95. The molecule has 0 aliphatic heterocycles. The second-order valence-corrected chi connectivity index (χ2v) is 6.68. The smallest absolute Gasteiger partial charge is 0.129 e. The molecule has 1 aromatic rings. The van der Waals surface area contributed by atoms with E-state index in [2.05, 4.69) is 33.2 Å². The minimum absolute atomic E-state index is 0.0417. The van der Waals surface area contributed by atoms with Gasteiger partial charge < -0.3 is 10.2 Å². The van der Waals surface area contributed by atoms with E-state index < -0.39 is 0 Å². The van der Waals surface area contributed by atoms with E-state index in [1.54, 1.807) is 0 Å². The lowest BCUT2D eigenvalue weighted by molar-refractivity contribution is 0.242. The first-order valence-electron chi connectivity index (χ1n) is 7.46. The average Bonchev–Trinajstić information content (AvgIpc) is 2.92. The molecule has 20 heavy (non-hydrogen) atoms. The number of rotatable bonds is 6. The van der Waals surface area contributed by atoms with E-state index in [1.165, 1.54) is 31.7 Å². The molecule has 1 aromatic carbocycles. The molecule has 0 spiro atoms. The van der Waals surface area contributed by atoms with Gasteiger partial charge in [0.1, 0.15) is 5.82 Å². The lowest BCUT2D eigenvalue weighted by Gasteiger charge is -2.25. The van der Waals surface area contributed by atoms with Crippen LogP contribution in [-0.2, 0) is 0 Å². The summed E-state index contributed by atoms with van der Waals surface area (Å²) in [4.78, 5) is 2.44. The van der Waals surface area contributed by atoms with Crippen LogP contribution in [0.4, 0.5) is 4.39 Å². The molecule has 1 unspecified atom stereocenters. The summed E-state index contributed by atoms with van der Waals surface area (Å²) in [5, 5.41) is 3.42. The molecule has 112 valence electrons. The van der Waals surface area contributed by atoms with E-state index in [0.29, 0.717) is 0 Å². The minimum Gasteiger partial charge on any atom is -0.309 e. The van der Waals surface area contributed by atoms with E-state index in [-0.39, 0.29) is 11.9 Å². The minimum atomic E-state index is -0.150. The van der Waals surface area contributed by atoms with Gasteiger partial charge in [-0.1, -0.05) is 34.8 Å². The Morgan fingerprint density at radius 1 is 1.40 bits per heavy atom. The third kappa shape index (κ3) is 4.27. The third-order valence-electron chi connectivity index (χ3n) is 4.29. The number of nitrogens with one attached hydrogen (secondary N) is 1. The Hall–Kier alpha value is -0.450. The van der Waals surface area contributed by atoms with Gasteiger partial charge >= 0.3 is 0 Å². The predicted octanol–water partition coefficient (Wildman–Crippen LogP) is 4.11. The monoisotopic (exact) mass is 342 g/mol.